The maximum absolute atomic E-state index is 13.5. The van der Waals surface area contributed by atoms with Gasteiger partial charge in [0.05, 0.1) is 11.9 Å². The number of anilines is 1. The normalized spacial score (nSPS) is 13.3. The molecule has 1 atom stereocenters. The van der Waals surface area contributed by atoms with Gasteiger partial charge in [-0.25, -0.2) is 8.42 Å². The van der Waals surface area contributed by atoms with E-state index >= 15 is 0 Å². The van der Waals surface area contributed by atoms with E-state index < -0.39 is 16.1 Å². The van der Waals surface area contributed by atoms with Crippen LogP contribution in [0.1, 0.15) is 51.2 Å². The van der Waals surface area contributed by atoms with Crippen LogP contribution in [0.2, 0.25) is 0 Å². The lowest BCUT2D eigenvalue weighted by molar-refractivity contribution is -0.141. The molecule has 0 saturated heterocycles. The highest BCUT2D eigenvalue weighted by Crippen LogP contribution is 2.36. The maximum atomic E-state index is 13.5. The fraction of sp³-hybridized carbons (Fsp3) is 0.500. The van der Waals surface area contributed by atoms with Gasteiger partial charge in [-0.2, -0.15) is 0 Å². The van der Waals surface area contributed by atoms with E-state index in [9.17, 15) is 18.0 Å². The Labute approximate surface area is 226 Å². The summed E-state index contributed by atoms with van der Waals surface area (Å²) in [7, 11) is -3.61. The van der Waals surface area contributed by atoms with Crippen LogP contribution < -0.4 is 19.1 Å². The summed E-state index contributed by atoms with van der Waals surface area (Å²) < 4.78 is 37.2. The molecule has 0 unspecified atom stereocenters. The third kappa shape index (κ3) is 7.86. The van der Waals surface area contributed by atoms with Gasteiger partial charge in [-0.15, -0.1) is 0 Å². The van der Waals surface area contributed by atoms with Crippen LogP contribution in [-0.2, 0) is 26.2 Å². The van der Waals surface area contributed by atoms with Gasteiger partial charge in [0.2, 0.25) is 28.6 Å². The molecule has 0 fully saturated rings. The third-order valence-electron chi connectivity index (χ3n) is 6.30. The molecule has 208 valence electrons. The molecule has 9 nitrogen and oxygen atoms in total. The van der Waals surface area contributed by atoms with Crippen LogP contribution in [0.5, 0.6) is 11.5 Å². The second kappa shape index (κ2) is 13.0. The quantitative estimate of drug-likeness (QED) is 0.410. The second-order valence-electron chi connectivity index (χ2n) is 10.0. The molecule has 1 aliphatic rings. The van der Waals surface area contributed by atoms with Gasteiger partial charge >= 0.3 is 0 Å². The maximum Gasteiger partial charge on any atom is 0.242 e. The molecule has 1 aliphatic heterocycles. The van der Waals surface area contributed by atoms with Crippen LogP contribution in [0, 0.1) is 12.8 Å². The Morgan fingerprint density at radius 1 is 1.08 bits per heavy atom. The van der Waals surface area contributed by atoms with E-state index in [2.05, 4.69) is 5.32 Å². The third-order valence-corrected chi connectivity index (χ3v) is 7.50. The molecule has 0 aliphatic carbocycles. The van der Waals surface area contributed by atoms with Crippen molar-refractivity contribution in [2.45, 2.75) is 59.5 Å². The summed E-state index contributed by atoms with van der Waals surface area (Å²) in [4.78, 5) is 28.2. The first-order chi connectivity index (χ1) is 18.0. The Balaban J connectivity index is 1.76. The Bertz CT molecular complexity index is 1230. The van der Waals surface area contributed by atoms with Gasteiger partial charge < -0.3 is 19.7 Å². The van der Waals surface area contributed by atoms with Crippen LogP contribution in [0.4, 0.5) is 5.69 Å². The van der Waals surface area contributed by atoms with Gasteiger partial charge in [0, 0.05) is 32.1 Å². The van der Waals surface area contributed by atoms with Crippen LogP contribution >= 0.6 is 0 Å². The van der Waals surface area contributed by atoms with Crippen molar-refractivity contribution in [1.29, 1.82) is 0 Å². The molecule has 0 saturated carbocycles. The number of carbonyl (C=O) groups excluding carboxylic acids is 2. The van der Waals surface area contributed by atoms with Crippen molar-refractivity contribution in [3.63, 3.8) is 0 Å². The number of ether oxygens (including phenoxy) is 2. The van der Waals surface area contributed by atoms with Crippen LogP contribution in [-0.4, -0.2) is 57.3 Å². The van der Waals surface area contributed by atoms with Gasteiger partial charge in [0.1, 0.15) is 6.04 Å². The summed E-state index contributed by atoms with van der Waals surface area (Å²) in [5.74, 6) is 0.952. The monoisotopic (exact) mass is 545 g/mol. The van der Waals surface area contributed by atoms with Crippen molar-refractivity contribution in [1.82, 2.24) is 10.2 Å². The Morgan fingerprint density at radius 2 is 1.82 bits per heavy atom. The summed E-state index contributed by atoms with van der Waals surface area (Å²) in [6.45, 7) is 8.94. The lowest BCUT2D eigenvalue weighted by Gasteiger charge is -2.31. The molecule has 1 heterocycles. The van der Waals surface area contributed by atoms with Crippen molar-refractivity contribution >= 4 is 27.5 Å². The van der Waals surface area contributed by atoms with Crippen LogP contribution in [0.15, 0.2) is 42.5 Å². The number of benzene rings is 2. The highest BCUT2D eigenvalue weighted by Gasteiger charge is 2.29. The number of amides is 2. The number of nitrogens with zero attached hydrogens (tertiary/aromatic N) is 2. The largest absolute Gasteiger partial charge is 0.454 e. The van der Waals surface area contributed by atoms with E-state index in [0.717, 1.165) is 17.4 Å². The van der Waals surface area contributed by atoms with Gasteiger partial charge in [-0.05, 0) is 43.4 Å². The van der Waals surface area contributed by atoms with E-state index in [0.29, 0.717) is 36.7 Å². The number of hydrogen-bond acceptors (Lipinski definition) is 6. The molecular weight excluding hydrogens is 506 g/mol. The summed E-state index contributed by atoms with van der Waals surface area (Å²) in [5.41, 5.74) is 2.45. The minimum atomic E-state index is -3.61. The van der Waals surface area contributed by atoms with Gasteiger partial charge in [0.15, 0.2) is 11.5 Å². The molecule has 0 aromatic heterocycles. The molecule has 0 bridgehead atoms. The summed E-state index contributed by atoms with van der Waals surface area (Å²) in [5, 5.41) is 2.96. The Hall–Kier alpha value is -3.27. The number of fused-ring (bicyclic) bond motifs is 1. The van der Waals surface area contributed by atoms with Crippen molar-refractivity contribution in [2.24, 2.45) is 5.92 Å². The number of sulfonamides is 1. The molecule has 2 aromatic rings. The van der Waals surface area contributed by atoms with Gasteiger partial charge in [-0.1, -0.05) is 50.6 Å². The number of hydrogen-bond donors (Lipinski definition) is 1. The first-order valence-electron chi connectivity index (χ1n) is 13.0. The highest BCUT2D eigenvalue weighted by atomic mass is 32.2. The van der Waals surface area contributed by atoms with Crippen LogP contribution in [0.25, 0.3) is 0 Å². The van der Waals surface area contributed by atoms with Crippen LogP contribution in [0.3, 0.4) is 0 Å². The predicted octanol–water partition coefficient (Wildman–Crippen LogP) is 3.85. The topological polar surface area (TPSA) is 105 Å². The highest BCUT2D eigenvalue weighted by molar-refractivity contribution is 7.92. The minimum Gasteiger partial charge on any atom is -0.454 e. The Morgan fingerprint density at radius 3 is 2.47 bits per heavy atom. The molecule has 3 rings (SSSR count). The fourth-order valence-electron chi connectivity index (χ4n) is 4.39. The summed E-state index contributed by atoms with van der Waals surface area (Å²) in [6, 6.07) is 12.2. The lowest BCUT2D eigenvalue weighted by atomic mass is 10.1. The van der Waals surface area contributed by atoms with Crippen molar-refractivity contribution in [3.8, 4) is 11.5 Å². The van der Waals surface area contributed by atoms with E-state index in [1.54, 1.807) is 23.1 Å². The van der Waals surface area contributed by atoms with E-state index in [4.69, 9.17) is 9.47 Å². The molecule has 1 N–H and O–H groups in total. The predicted molar refractivity (Wildman–Crippen MR) is 148 cm³/mol. The zero-order valence-electron chi connectivity index (χ0n) is 22.9. The van der Waals surface area contributed by atoms with Crippen molar-refractivity contribution in [2.75, 3.05) is 30.4 Å². The van der Waals surface area contributed by atoms with Gasteiger partial charge in [0.25, 0.3) is 0 Å². The molecule has 2 aromatic carbocycles. The zero-order chi connectivity index (χ0) is 27.9. The minimum absolute atomic E-state index is 0.0896. The molecular formula is C28H39N3O6S. The molecule has 2 amide bonds. The lowest BCUT2D eigenvalue weighted by Crippen LogP contribution is -2.49. The number of nitrogens with one attached hydrogen (secondary N) is 1. The van der Waals surface area contributed by atoms with E-state index in [1.807, 2.05) is 52.0 Å². The number of rotatable bonds is 13. The SMILES string of the molecule is CC[C@@H](C(=O)NCC(C)C)N(Cc1cccc(C)c1)C(=O)CCCN(c1ccc2c(c1)OCO2)S(C)(=O)=O. The molecule has 10 heteroatoms. The first kappa shape index (κ1) is 29.3. The average Bonchev–Trinajstić information content (AvgIpc) is 3.32. The number of aryl methyl sites for hydroxylation is 1. The van der Waals surface area contributed by atoms with Crippen molar-refractivity contribution in [3.05, 3.63) is 53.6 Å². The second-order valence-corrected chi connectivity index (χ2v) is 12.0. The summed E-state index contributed by atoms with van der Waals surface area (Å²) in [6.07, 6.45) is 1.98. The smallest absolute Gasteiger partial charge is 0.242 e. The van der Waals surface area contributed by atoms with E-state index in [-0.39, 0.29) is 43.9 Å². The molecule has 0 radical (unpaired) electrons. The van der Waals surface area contributed by atoms with E-state index in [1.165, 1.54) is 4.31 Å². The first-order valence-corrected chi connectivity index (χ1v) is 14.8. The zero-order valence-corrected chi connectivity index (χ0v) is 23.7. The Kier molecular flexibility index (Phi) is 10.0. The molecule has 0 spiro atoms. The summed E-state index contributed by atoms with van der Waals surface area (Å²) >= 11 is 0. The average molecular weight is 546 g/mol. The van der Waals surface area contributed by atoms with Gasteiger partial charge in [-0.3, -0.25) is 13.9 Å². The standard InChI is InChI=1S/C28H39N3O6S/c1-6-24(28(33)29-17-20(2)3)30(18-22-10-7-9-21(4)15-22)27(32)11-8-14-31(38(5,34)35)23-12-13-25-26(16-23)37-19-36-25/h7,9-10,12-13,15-16,20,24H,6,8,11,14,17-19H2,1-5H3,(H,29,33)/t24-/m0/s1. The number of carbonyl (C=O) groups is 2. The fourth-order valence-corrected chi connectivity index (χ4v) is 5.35. The molecule has 38 heavy (non-hydrogen) atoms. The van der Waals surface area contributed by atoms with Crippen molar-refractivity contribution < 1.29 is 27.5 Å².